The number of ketones is 2. The first kappa shape index (κ1) is 35.3. The minimum absolute atomic E-state index is 0.0559. The highest BCUT2D eigenvalue weighted by atomic mass is 16.7. The van der Waals surface area contributed by atoms with Crippen LogP contribution in [0.5, 0.6) is 5.75 Å². The third kappa shape index (κ3) is 5.38. The molecule has 0 unspecified atom stereocenters. The highest BCUT2D eigenvalue weighted by molar-refractivity contribution is 6.19. The number of nitrogens with zero attached hydrogens (tertiary/aromatic N) is 1. The predicted octanol–water partition coefficient (Wildman–Crippen LogP) is 3.01. The van der Waals surface area contributed by atoms with Crippen LogP contribution in [0, 0.1) is 17.8 Å². The third-order valence-electron chi connectivity index (χ3n) is 12.1. The lowest BCUT2D eigenvalue weighted by atomic mass is 9.55. The number of rotatable bonds is 8. The molecule has 3 aromatic rings. The summed E-state index contributed by atoms with van der Waals surface area (Å²) in [5.74, 6) is -4.20. The smallest absolute Gasteiger partial charge is 0.230 e. The number of nitrogens with two attached hydrogens (primary N) is 1. The van der Waals surface area contributed by atoms with Crippen LogP contribution < -0.4 is 10.5 Å². The van der Waals surface area contributed by atoms with Crippen LogP contribution in [-0.4, -0.2) is 83.5 Å². The van der Waals surface area contributed by atoms with Gasteiger partial charge in [-0.15, -0.1) is 0 Å². The largest absolute Gasteiger partial charge is 0.511 e. The topological polar surface area (TPSA) is 213 Å². The van der Waals surface area contributed by atoms with Gasteiger partial charge in [-0.2, -0.15) is 0 Å². The van der Waals surface area contributed by atoms with Crippen molar-refractivity contribution < 1.29 is 49.7 Å². The first-order valence-electron chi connectivity index (χ1n) is 17.9. The number of pyridine rings is 1. The summed E-state index contributed by atoms with van der Waals surface area (Å²) in [6.45, 7) is -0.900. The van der Waals surface area contributed by atoms with E-state index in [1.165, 1.54) is 30.4 Å². The number of fused-ring (bicyclic) bond motifs is 4. The lowest BCUT2D eigenvalue weighted by Gasteiger charge is -2.60. The highest BCUT2D eigenvalue weighted by Crippen LogP contribution is 2.57. The molecule has 2 heterocycles. The zero-order valence-electron chi connectivity index (χ0n) is 28.8. The van der Waals surface area contributed by atoms with E-state index in [0.717, 1.165) is 29.5 Å². The first-order valence-corrected chi connectivity index (χ1v) is 17.9. The van der Waals surface area contributed by atoms with E-state index in [1.807, 2.05) is 24.3 Å². The van der Waals surface area contributed by atoms with Gasteiger partial charge in [0, 0.05) is 23.1 Å². The fourth-order valence-corrected chi connectivity index (χ4v) is 9.54. The summed E-state index contributed by atoms with van der Waals surface area (Å²) in [5.41, 5.74) is 4.07. The van der Waals surface area contributed by atoms with Gasteiger partial charge in [-0.3, -0.25) is 9.59 Å². The molecule has 1 saturated carbocycles. The number of benzene rings is 2. The monoisotopic (exact) mass is 722 g/mol. The van der Waals surface area contributed by atoms with E-state index in [9.17, 15) is 40.2 Å². The number of aliphatic hydroxyl groups excluding tert-OH is 5. The SMILES string of the molecule is Nc1cc(C2([C@@H]3C=C[C@]4(CO)O[C@@H](Oc5cccc6c5C(=O)[C@@H]5C(O)=CC(Cc7cccc(CO)c7)=C[C@@H]5C6=O)[C@H](O)[C@@]3(O)[C@@H]4O)CCCC2)ccn1. The lowest BCUT2D eigenvalue weighted by Crippen LogP contribution is -2.78. The van der Waals surface area contributed by atoms with Gasteiger partial charge in [0.15, 0.2) is 11.6 Å². The molecule has 53 heavy (non-hydrogen) atoms. The van der Waals surface area contributed by atoms with Crippen LogP contribution in [0.1, 0.15) is 63.1 Å². The van der Waals surface area contributed by atoms with Gasteiger partial charge in [0.1, 0.15) is 40.7 Å². The van der Waals surface area contributed by atoms with E-state index in [-0.39, 0.29) is 35.1 Å². The molecule has 1 saturated heterocycles. The van der Waals surface area contributed by atoms with Crippen molar-refractivity contribution in [3.63, 3.8) is 0 Å². The second-order valence-corrected chi connectivity index (χ2v) is 15.0. The summed E-state index contributed by atoms with van der Waals surface area (Å²) in [6.07, 6.45) is 5.74. The number of carbonyl (C=O) groups excluding carboxylic acids is 2. The highest BCUT2D eigenvalue weighted by Gasteiger charge is 2.70. The summed E-state index contributed by atoms with van der Waals surface area (Å²) in [6, 6.07) is 15.3. The van der Waals surface area contributed by atoms with Gasteiger partial charge in [0.05, 0.1) is 30.6 Å². The lowest BCUT2D eigenvalue weighted by molar-refractivity contribution is -0.354. The van der Waals surface area contributed by atoms with Crippen molar-refractivity contribution in [1.29, 1.82) is 0 Å². The molecule has 0 spiro atoms. The Bertz CT molecular complexity index is 2070. The molecule has 1 aliphatic heterocycles. The fraction of sp³-hybridized carbons (Fsp3) is 0.390. The summed E-state index contributed by atoms with van der Waals surface area (Å²) in [5, 5.41) is 67.8. The molecule has 4 aliphatic carbocycles. The Hall–Kier alpha value is -4.69. The molecule has 2 fully saturated rings. The number of carbonyl (C=O) groups is 2. The molecule has 12 nitrogen and oxygen atoms in total. The number of hydrogen-bond donors (Lipinski definition) is 7. The van der Waals surface area contributed by atoms with Crippen molar-refractivity contribution in [2.45, 2.75) is 73.8 Å². The Morgan fingerprint density at radius 1 is 0.981 bits per heavy atom. The zero-order chi connectivity index (χ0) is 37.3. The summed E-state index contributed by atoms with van der Waals surface area (Å²) < 4.78 is 12.3. The predicted molar refractivity (Wildman–Crippen MR) is 191 cm³/mol. The summed E-state index contributed by atoms with van der Waals surface area (Å²) in [4.78, 5) is 32.4. The Kier molecular flexibility index (Phi) is 8.68. The molecular weight excluding hydrogens is 680 g/mol. The molecular formula is C41H42N2O10. The zero-order valence-corrected chi connectivity index (χ0v) is 28.8. The van der Waals surface area contributed by atoms with E-state index < -0.39 is 71.0 Å². The number of aromatic nitrogens is 1. The molecule has 5 aliphatic rings. The minimum atomic E-state index is -2.31. The molecule has 1 aromatic heterocycles. The summed E-state index contributed by atoms with van der Waals surface area (Å²) in [7, 11) is 0. The maximum absolute atomic E-state index is 14.2. The van der Waals surface area contributed by atoms with Gasteiger partial charge in [0.2, 0.25) is 6.29 Å². The average molecular weight is 723 g/mol. The number of nitrogen functional groups attached to an aromatic ring is 1. The van der Waals surface area contributed by atoms with Crippen LogP contribution in [-0.2, 0) is 23.2 Å². The molecule has 12 heteroatoms. The maximum atomic E-state index is 14.2. The average Bonchev–Trinajstić information content (AvgIpc) is 3.65. The van der Waals surface area contributed by atoms with Crippen LogP contribution in [0.2, 0.25) is 0 Å². The van der Waals surface area contributed by atoms with Crippen LogP contribution in [0.15, 0.2) is 96.4 Å². The molecule has 2 bridgehead atoms. The standard InChI is InChI=1S/C41H42N2O10/c42-31-19-25(10-14-43-31)39(11-1-2-12-39)30-9-13-40(21-45)38(50)41(30,51)36(49)37(53-40)52-29-8-4-7-26-33(29)35(48)32-27(34(26)47)17-24(18-28(32)46)16-22-5-3-6-23(15-22)20-44/h3-10,13-15,17-19,27,30,32,36-38,44-46,49-51H,1-2,11-12,16,20-21H2,(H2,42,43)/t27-,30-,32-,36-,37+,38+,40+,41+/m0/s1. The number of aliphatic hydroxyl groups is 6. The Morgan fingerprint density at radius 2 is 1.74 bits per heavy atom. The van der Waals surface area contributed by atoms with Crippen LogP contribution >= 0.6 is 0 Å². The third-order valence-corrected chi connectivity index (χ3v) is 12.1. The molecule has 2 aromatic carbocycles. The molecule has 276 valence electrons. The van der Waals surface area contributed by atoms with Crippen LogP contribution in [0.4, 0.5) is 5.82 Å². The number of anilines is 1. The van der Waals surface area contributed by atoms with E-state index in [4.69, 9.17) is 15.2 Å². The second kappa shape index (κ2) is 13.0. The van der Waals surface area contributed by atoms with Crippen molar-refractivity contribution in [3.8, 4) is 5.75 Å². The van der Waals surface area contributed by atoms with Crippen molar-refractivity contribution in [3.05, 3.63) is 124 Å². The van der Waals surface area contributed by atoms with Gasteiger partial charge in [-0.25, -0.2) is 4.98 Å². The number of allylic oxidation sites excluding steroid dienone is 4. The van der Waals surface area contributed by atoms with Gasteiger partial charge in [0.25, 0.3) is 0 Å². The van der Waals surface area contributed by atoms with E-state index in [2.05, 4.69) is 4.98 Å². The van der Waals surface area contributed by atoms with Crippen LogP contribution in [0.25, 0.3) is 0 Å². The molecule has 0 radical (unpaired) electrons. The molecule has 8 atom stereocenters. The summed E-state index contributed by atoms with van der Waals surface area (Å²) >= 11 is 0. The van der Waals surface area contributed by atoms with Crippen molar-refractivity contribution >= 4 is 17.4 Å². The van der Waals surface area contributed by atoms with E-state index in [1.54, 1.807) is 30.5 Å². The first-order chi connectivity index (χ1) is 25.5. The Balaban J connectivity index is 1.14. The van der Waals surface area contributed by atoms with Gasteiger partial charge < -0.3 is 45.8 Å². The normalized spacial score (nSPS) is 32.8. The van der Waals surface area contributed by atoms with Gasteiger partial charge in [-0.05, 0) is 65.8 Å². The minimum Gasteiger partial charge on any atom is -0.511 e. The fourth-order valence-electron chi connectivity index (χ4n) is 9.54. The Labute approximate surface area is 305 Å². The molecule has 8 rings (SSSR count). The molecule has 0 amide bonds. The molecule has 8 N–H and O–H groups in total. The maximum Gasteiger partial charge on any atom is 0.230 e. The van der Waals surface area contributed by atoms with Crippen molar-refractivity contribution in [1.82, 2.24) is 4.98 Å². The van der Waals surface area contributed by atoms with Gasteiger partial charge >= 0.3 is 0 Å². The van der Waals surface area contributed by atoms with Crippen molar-refractivity contribution in [2.75, 3.05) is 12.3 Å². The number of ether oxygens (including phenoxy) is 2. The Morgan fingerprint density at radius 3 is 2.47 bits per heavy atom. The van der Waals surface area contributed by atoms with Crippen LogP contribution in [0.3, 0.4) is 0 Å². The second-order valence-electron chi connectivity index (χ2n) is 15.0. The number of hydrogen-bond acceptors (Lipinski definition) is 12. The van der Waals surface area contributed by atoms with E-state index >= 15 is 0 Å². The van der Waals surface area contributed by atoms with Gasteiger partial charge in [-0.1, -0.05) is 67.5 Å². The number of Topliss-reactive ketones (excluding diaryl/α,β-unsaturated/α-hetero) is 2. The quantitative estimate of drug-likeness (QED) is 0.167. The van der Waals surface area contributed by atoms with Crippen molar-refractivity contribution in [2.24, 2.45) is 17.8 Å². The van der Waals surface area contributed by atoms with E-state index in [0.29, 0.717) is 24.8 Å².